The average Bonchev–Trinajstić information content (AvgIpc) is 1.98. The van der Waals surface area contributed by atoms with Crippen LogP contribution in [0.1, 0.15) is 38.5 Å². The maximum atomic E-state index is 9.51. The maximum Gasteiger partial charge on any atom is 0.0590 e. The molecule has 66 valence electrons. The van der Waals surface area contributed by atoms with Crippen molar-refractivity contribution >= 4 is 0 Å². The van der Waals surface area contributed by atoms with Crippen LogP contribution in [-0.2, 0) is 0 Å². The topological polar surface area (TPSA) is 40.5 Å². The second-order valence-electron chi connectivity index (χ2n) is 3.50. The molecule has 0 unspecified atom stereocenters. The molecule has 1 fully saturated rings. The fourth-order valence-corrected chi connectivity index (χ4v) is 1.75. The van der Waals surface area contributed by atoms with Gasteiger partial charge in [-0.15, -0.1) is 0 Å². The van der Waals surface area contributed by atoms with Crippen molar-refractivity contribution in [2.24, 2.45) is 5.92 Å². The van der Waals surface area contributed by atoms with Gasteiger partial charge in [0.05, 0.1) is 6.10 Å². The van der Waals surface area contributed by atoms with E-state index in [4.69, 9.17) is 5.11 Å². The van der Waals surface area contributed by atoms with Crippen LogP contribution in [0.3, 0.4) is 0 Å². The van der Waals surface area contributed by atoms with E-state index in [1.165, 1.54) is 19.3 Å². The van der Waals surface area contributed by atoms with E-state index >= 15 is 0 Å². The zero-order chi connectivity index (χ0) is 8.10. The molecule has 11 heavy (non-hydrogen) atoms. The summed E-state index contributed by atoms with van der Waals surface area (Å²) >= 11 is 0. The van der Waals surface area contributed by atoms with Crippen molar-refractivity contribution in [1.82, 2.24) is 0 Å². The van der Waals surface area contributed by atoms with Gasteiger partial charge in [0.15, 0.2) is 0 Å². The molecule has 0 spiro atoms. The van der Waals surface area contributed by atoms with E-state index in [0.717, 1.165) is 19.3 Å². The monoisotopic (exact) mass is 158 g/mol. The van der Waals surface area contributed by atoms with Gasteiger partial charge in [-0.25, -0.2) is 0 Å². The van der Waals surface area contributed by atoms with E-state index in [-0.39, 0.29) is 18.6 Å². The molecule has 0 bridgehead atoms. The fraction of sp³-hybridized carbons (Fsp3) is 1.00. The molecule has 0 aromatic carbocycles. The third-order valence-electron chi connectivity index (χ3n) is 2.60. The molecule has 2 atom stereocenters. The van der Waals surface area contributed by atoms with E-state index < -0.39 is 0 Å². The van der Waals surface area contributed by atoms with Gasteiger partial charge >= 0.3 is 0 Å². The van der Waals surface area contributed by atoms with Crippen molar-refractivity contribution in [3.8, 4) is 0 Å². The molecule has 0 heterocycles. The molecule has 1 aliphatic carbocycles. The second kappa shape index (κ2) is 4.73. The standard InChI is InChI=1S/C9H18O2/c10-7-8-5-3-1-2-4-6-9(8)11/h8-11H,1-7H2/t8-,9-/m0/s1. The Bertz CT molecular complexity index is 104. The van der Waals surface area contributed by atoms with E-state index in [9.17, 15) is 5.11 Å². The van der Waals surface area contributed by atoms with Gasteiger partial charge in [-0.05, 0) is 12.8 Å². The average molecular weight is 158 g/mol. The molecule has 1 aliphatic rings. The predicted molar refractivity (Wildman–Crippen MR) is 44.3 cm³/mol. The summed E-state index contributed by atoms with van der Waals surface area (Å²) < 4.78 is 0. The van der Waals surface area contributed by atoms with Crippen molar-refractivity contribution in [3.63, 3.8) is 0 Å². The third-order valence-corrected chi connectivity index (χ3v) is 2.60. The first-order chi connectivity index (χ1) is 5.34. The summed E-state index contributed by atoms with van der Waals surface area (Å²) in [7, 11) is 0. The van der Waals surface area contributed by atoms with Crippen LogP contribution in [0, 0.1) is 5.92 Å². The predicted octanol–water partition coefficient (Wildman–Crippen LogP) is 1.31. The smallest absolute Gasteiger partial charge is 0.0590 e. The maximum absolute atomic E-state index is 9.51. The molecule has 2 heteroatoms. The van der Waals surface area contributed by atoms with Crippen LogP contribution in [0.4, 0.5) is 0 Å². The van der Waals surface area contributed by atoms with Gasteiger partial charge in [0.1, 0.15) is 0 Å². The van der Waals surface area contributed by atoms with Crippen LogP contribution in [-0.4, -0.2) is 22.9 Å². The molecule has 0 aromatic rings. The van der Waals surface area contributed by atoms with Crippen molar-refractivity contribution in [2.75, 3.05) is 6.61 Å². The van der Waals surface area contributed by atoms with Gasteiger partial charge < -0.3 is 10.2 Å². The van der Waals surface area contributed by atoms with Crippen molar-refractivity contribution in [3.05, 3.63) is 0 Å². The van der Waals surface area contributed by atoms with Crippen LogP contribution < -0.4 is 0 Å². The van der Waals surface area contributed by atoms with E-state index in [1.807, 2.05) is 0 Å². The summed E-state index contributed by atoms with van der Waals surface area (Å²) in [4.78, 5) is 0. The summed E-state index contributed by atoms with van der Waals surface area (Å²) in [6.45, 7) is 0.154. The number of aliphatic hydroxyl groups excluding tert-OH is 2. The number of rotatable bonds is 1. The Kier molecular flexibility index (Phi) is 3.87. The Morgan fingerprint density at radius 1 is 1.00 bits per heavy atom. The summed E-state index contributed by atoms with van der Waals surface area (Å²) in [5, 5.41) is 18.4. The molecule has 2 N–H and O–H groups in total. The van der Waals surface area contributed by atoms with Crippen molar-refractivity contribution < 1.29 is 10.2 Å². The summed E-state index contributed by atoms with van der Waals surface area (Å²) in [6, 6.07) is 0. The van der Waals surface area contributed by atoms with E-state index in [0.29, 0.717) is 0 Å². The molecule has 0 amide bonds. The van der Waals surface area contributed by atoms with E-state index in [2.05, 4.69) is 0 Å². The third kappa shape index (κ3) is 2.80. The van der Waals surface area contributed by atoms with Gasteiger partial charge in [-0.1, -0.05) is 25.7 Å². The molecule has 0 radical (unpaired) electrons. The Balaban J connectivity index is 2.33. The summed E-state index contributed by atoms with van der Waals surface area (Å²) in [6.07, 6.45) is 6.43. The lowest BCUT2D eigenvalue weighted by Gasteiger charge is -2.23. The molecule has 0 aromatic heterocycles. The Hall–Kier alpha value is -0.0800. The minimum Gasteiger partial charge on any atom is -0.396 e. The lowest BCUT2D eigenvalue weighted by molar-refractivity contribution is 0.0482. The first kappa shape index (κ1) is 9.01. The molecule has 1 saturated carbocycles. The quantitative estimate of drug-likeness (QED) is 0.604. The molecular weight excluding hydrogens is 140 g/mol. The molecule has 2 nitrogen and oxygen atoms in total. The number of hydrogen-bond donors (Lipinski definition) is 2. The minimum absolute atomic E-state index is 0.148. The van der Waals surface area contributed by atoms with Crippen molar-refractivity contribution in [2.45, 2.75) is 44.6 Å². The summed E-state index contributed by atoms with van der Waals surface area (Å²) in [5.41, 5.74) is 0. The Morgan fingerprint density at radius 3 is 2.27 bits per heavy atom. The lowest BCUT2D eigenvalue weighted by atomic mass is 9.89. The Labute approximate surface area is 68.2 Å². The highest BCUT2D eigenvalue weighted by atomic mass is 16.3. The fourth-order valence-electron chi connectivity index (χ4n) is 1.75. The van der Waals surface area contributed by atoms with Gasteiger partial charge in [0, 0.05) is 12.5 Å². The molecule has 1 rings (SSSR count). The first-order valence-corrected chi connectivity index (χ1v) is 4.63. The van der Waals surface area contributed by atoms with Crippen molar-refractivity contribution in [1.29, 1.82) is 0 Å². The Morgan fingerprint density at radius 2 is 1.64 bits per heavy atom. The van der Waals surface area contributed by atoms with Gasteiger partial charge in [-0.3, -0.25) is 0 Å². The molecule has 0 saturated heterocycles. The highest BCUT2D eigenvalue weighted by Gasteiger charge is 2.19. The number of aliphatic hydroxyl groups is 2. The van der Waals surface area contributed by atoms with Gasteiger partial charge in [0.2, 0.25) is 0 Å². The van der Waals surface area contributed by atoms with Crippen LogP contribution >= 0.6 is 0 Å². The van der Waals surface area contributed by atoms with Crippen LogP contribution in [0.5, 0.6) is 0 Å². The zero-order valence-corrected chi connectivity index (χ0v) is 7.00. The molecular formula is C9H18O2. The van der Waals surface area contributed by atoms with Gasteiger partial charge in [0.25, 0.3) is 0 Å². The first-order valence-electron chi connectivity index (χ1n) is 4.63. The lowest BCUT2D eigenvalue weighted by Crippen LogP contribution is -2.24. The minimum atomic E-state index is -0.250. The van der Waals surface area contributed by atoms with Crippen LogP contribution in [0.15, 0.2) is 0 Å². The highest BCUT2D eigenvalue weighted by molar-refractivity contribution is 4.70. The van der Waals surface area contributed by atoms with E-state index in [1.54, 1.807) is 0 Å². The van der Waals surface area contributed by atoms with Crippen LogP contribution in [0.25, 0.3) is 0 Å². The largest absolute Gasteiger partial charge is 0.396 e. The van der Waals surface area contributed by atoms with Gasteiger partial charge in [-0.2, -0.15) is 0 Å². The highest BCUT2D eigenvalue weighted by Crippen LogP contribution is 2.21. The normalized spacial score (nSPS) is 34.4. The second-order valence-corrected chi connectivity index (χ2v) is 3.50. The zero-order valence-electron chi connectivity index (χ0n) is 7.00. The van der Waals surface area contributed by atoms with Crippen LogP contribution in [0.2, 0.25) is 0 Å². The SMILES string of the molecule is OC[C@@H]1CCCCCC[C@@H]1O. The number of hydrogen-bond acceptors (Lipinski definition) is 2. The molecule has 0 aliphatic heterocycles. The summed E-state index contributed by atoms with van der Waals surface area (Å²) in [5.74, 6) is 0.148.